The zero-order chi connectivity index (χ0) is 13.1. The maximum absolute atomic E-state index is 5.97. The van der Waals surface area contributed by atoms with Gasteiger partial charge in [0.1, 0.15) is 5.76 Å². The average molecular weight is 330 g/mol. The normalized spacial score (nSPS) is 10.9. The molecule has 2 aromatic rings. The quantitative estimate of drug-likeness (QED) is 0.921. The van der Waals surface area contributed by atoms with E-state index < -0.39 is 0 Å². The minimum atomic E-state index is 0.736. The maximum atomic E-state index is 5.97. The highest BCUT2D eigenvalue weighted by molar-refractivity contribution is 9.10. The van der Waals surface area contributed by atoms with Gasteiger partial charge in [-0.2, -0.15) is 0 Å². The topological polar surface area (TPSA) is 38.1 Å². The van der Waals surface area contributed by atoms with Gasteiger partial charge in [0.25, 0.3) is 0 Å². The number of rotatable bonds is 4. The van der Waals surface area contributed by atoms with Crippen molar-refractivity contribution in [3.63, 3.8) is 0 Å². The molecule has 0 atom stereocenters. The van der Waals surface area contributed by atoms with Crippen LogP contribution in [0.3, 0.4) is 0 Å². The minimum Gasteiger partial charge on any atom is -0.361 e. The number of benzene rings is 1. The molecule has 0 aliphatic rings. The van der Waals surface area contributed by atoms with Crippen molar-refractivity contribution in [3.8, 4) is 0 Å². The Balaban J connectivity index is 1.98. The Bertz CT molecular complexity index is 534. The predicted molar refractivity (Wildman–Crippen MR) is 75.7 cm³/mol. The van der Waals surface area contributed by atoms with E-state index in [0.717, 1.165) is 45.2 Å². The summed E-state index contributed by atoms with van der Waals surface area (Å²) in [6.45, 7) is 5.35. The molecule has 0 bridgehead atoms. The van der Waals surface area contributed by atoms with Crippen LogP contribution in [0, 0.1) is 13.8 Å². The standard InChI is InChI=1S/C13H14BrClN2O/c1-8-12(9(2)18-17-8)7-16-6-10-5-11(15)3-4-13(10)14/h3-5,16H,6-7H2,1-2H3. The Morgan fingerprint density at radius 2 is 2.11 bits per heavy atom. The molecule has 0 fully saturated rings. The van der Waals surface area contributed by atoms with Crippen LogP contribution in [0.1, 0.15) is 22.6 Å². The zero-order valence-corrected chi connectivity index (χ0v) is 12.6. The third-order valence-electron chi connectivity index (χ3n) is 2.81. The highest BCUT2D eigenvalue weighted by Crippen LogP contribution is 2.21. The second-order valence-corrected chi connectivity index (χ2v) is 5.43. The molecule has 0 aliphatic heterocycles. The zero-order valence-electron chi connectivity index (χ0n) is 10.3. The Hall–Kier alpha value is -0.840. The van der Waals surface area contributed by atoms with Crippen LogP contribution in [0.2, 0.25) is 5.02 Å². The third kappa shape index (κ3) is 3.13. The molecular weight excluding hydrogens is 316 g/mol. The van der Waals surface area contributed by atoms with Crippen LogP contribution in [0.25, 0.3) is 0 Å². The molecular formula is C13H14BrClN2O. The second kappa shape index (κ2) is 5.87. The molecule has 2 rings (SSSR count). The minimum absolute atomic E-state index is 0.736. The predicted octanol–water partition coefficient (Wildman–Crippen LogP) is 4.00. The Kier molecular flexibility index (Phi) is 4.43. The van der Waals surface area contributed by atoms with E-state index in [-0.39, 0.29) is 0 Å². The summed E-state index contributed by atoms with van der Waals surface area (Å²) >= 11 is 9.48. The first-order valence-corrected chi connectivity index (χ1v) is 6.81. The molecule has 1 aromatic heterocycles. The Morgan fingerprint density at radius 1 is 1.33 bits per heavy atom. The second-order valence-electron chi connectivity index (χ2n) is 4.14. The van der Waals surface area contributed by atoms with E-state index in [2.05, 4.69) is 26.4 Å². The van der Waals surface area contributed by atoms with Gasteiger partial charge in [-0.25, -0.2) is 0 Å². The largest absolute Gasteiger partial charge is 0.361 e. The van der Waals surface area contributed by atoms with Crippen LogP contribution in [-0.4, -0.2) is 5.16 Å². The van der Waals surface area contributed by atoms with Crippen LogP contribution in [0.4, 0.5) is 0 Å². The molecule has 1 N–H and O–H groups in total. The first kappa shape index (κ1) is 13.6. The molecule has 0 saturated heterocycles. The first-order valence-electron chi connectivity index (χ1n) is 5.64. The number of nitrogens with zero attached hydrogens (tertiary/aromatic N) is 1. The summed E-state index contributed by atoms with van der Waals surface area (Å²) in [5.74, 6) is 0.866. The van der Waals surface area contributed by atoms with Gasteiger partial charge in [0.2, 0.25) is 0 Å². The molecule has 96 valence electrons. The number of aromatic nitrogens is 1. The van der Waals surface area contributed by atoms with Gasteiger partial charge >= 0.3 is 0 Å². The van der Waals surface area contributed by atoms with Crippen LogP contribution < -0.4 is 5.32 Å². The van der Waals surface area contributed by atoms with Gasteiger partial charge in [0, 0.05) is 28.1 Å². The van der Waals surface area contributed by atoms with E-state index in [4.69, 9.17) is 16.1 Å². The molecule has 0 saturated carbocycles. The summed E-state index contributed by atoms with van der Waals surface area (Å²) < 4.78 is 6.17. The fourth-order valence-electron chi connectivity index (χ4n) is 1.76. The number of hydrogen-bond donors (Lipinski definition) is 1. The summed E-state index contributed by atoms with van der Waals surface area (Å²) in [6, 6.07) is 5.77. The molecule has 0 radical (unpaired) electrons. The summed E-state index contributed by atoms with van der Waals surface area (Å²) in [4.78, 5) is 0. The van der Waals surface area contributed by atoms with E-state index in [9.17, 15) is 0 Å². The van der Waals surface area contributed by atoms with E-state index in [0.29, 0.717) is 0 Å². The van der Waals surface area contributed by atoms with Crippen LogP contribution in [0.5, 0.6) is 0 Å². The SMILES string of the molecule is Cc1noc(C)c1CNCc1cc(Cl)ccc1Br. The molecule has 1 aromatic carbocycles. The molecule has 0 unspecified atom stereocenters. The lowest BCUT2D eigenvalue weighted by atomic mass is 10.2. The number of hydrogen-bond acceptors (Lipinski definition) is 3. The van der Waals surface area contributed by atoms with Crippen molar-refractivity contribution in [2.24, 2.45) is 0 Å². The fourth-order valence-corrected chi connectivity index (χ4v) is 2.34. The fraction of sp³-hybridized carbons (Fsp3) is 0.308. The van der Waals surface area contributed by atoms with Crippen molar-refractivity contribution in [2.75, 3.05) is 0 Å². The number of nitrogens with one attached hydrogen (secondary N) is 1. The van der Waals surface area contributed by atoms with E-state index in [1.165, 1.54) is 0 Å². The highest BCUT2D eigenvalue weighted by Gasteiger charge is 2.08. The van der Waals surface area contributed by atoms with Crippen molar-refractivity contribution in [3.05, 3.63) is 50.3 Å². The Labute approximate surface area is 120 Å². The van der Waals surface area contributed by atoms with Crippen LogP contribution in [-0.2, 0) is 13.1 Å². The molecule has 18 heavy (non-hydrogen) atoms. The molecule has 1 heterocycles. The molecule has 3 nitrogen and oxygen atoms in total. The third-order valence-corrected chi connectivity index (χ3v) is 3.81. The van der Waals surface area contributed by atoms with Crippen LogP contribution in [0.15, 0.2) is 27.2 Å². The average Bonchev–Trinajstić information content (AvgIpc) is 2.65. The van der Waals surface area contributed by atoms with E-state index in [1.54, 1.807) is 0 Å². The summed E-state index contributed by atoms with van der Waals surface area (Å²) in [5.41, 5.74) is 3.19. The van der Waals surface area contributed by atoms with E-state index >= 15 is 0 Å². The Morgan fingerprint density at radius 3 is 2.78 bits per heavy atom. The summed E-state index contributed by atoms with van der Waals surface area (Å²) in [5, 5.41) is 8.04. The first-order chi connectivity index (χ1) is 8.58. The van der Waals surface area contributed by atoms with Gasteiger partial charge in [-0.05, 0) is 37.6 Å². The molecule has 5 heteroatoms. The van der Waals surface area contributed by atoms with Gasteiger partial charge in [0.15, 0.2) is 0 Å². The van der Waals surface area contributed by atoms with Crippen molar-refractivity contribution >= 4 is 27.5 Å². The van der Waals surface area contributed by atoms with Gasteiger partial charge < -0.3 is 9.84 Å². The van der Waals surface area contributed by atoms with Crippen molar-refractivity contribution in [1.82, 2.24) is 10.5 Å². The monoisotopic (exact) mass is 328 g/mol. The summed E-state index contributed by atoms with van der Waals surface area (Å²) in [7, 11) is 0. The van der Waals surface area contributed by atoms with Crippen molar-refractivity contribution < 1.29 is 4.52 Å². The molecule has 0 aliphatic carbocycles. The molecule has 0 spiro atoms. The lowest BCUT2D eigenvalue weighted by Crippen LogP contribution is -2.14. The van der Waals surface area contributed by atoms with Crippen molar-refractivity contribution in [2.45, 2.75) is 26.9 Å². The number of aryl methyl sites for hydroxylation is 2. The van der Waals surface area contributed by atoms with Gasteiger partial charge in [0.05, 0.1) is 5.69 Å². The summed E-state index contributed by atoms with van der Waals surface area (Å²) in [6.07, 6.45) is 0. The van der Waals surface area contributed by atoms with Gasteiger partial charge in [-0.15, -0.1) is 0 Å². The molecule has 0 amide bonds. The van der Waals surface area contributed by atoms with E-state index in [1.807, 2.05) is 32.0 Å². The van der Waals surface area contributed by atoms with Gasteiger partial charge in [-0.3, -0.25) is 0 Å². The number of halogens is 2. The highest BCUT2D eigenvalue weighted by atomic mass is 79.9. The smallest absolute Gasteiger partial charge is 0.138 e. The van der Waals surface area contributed by atoms with Gasteiger partial charge in [-0.1, -0.05) is 32.7 Å². The lowest BCUT2D eigenvalue weighted by Gasteiger charge is -2.07. The lowest BCUT2D eigenvalue weighted by molar-refractivity contribution is 0.392. The van der Waals surface area contributed by atoms with Crippen LogP contribution >= 0.6 is 27.5 Å². The maximum Gasteiger partial charge on any atom is 0.138 e. The van der Waals surface area contributed by atoms with Crippen molar-refractivity contribution in [1.29, 1.82) is 0 Å².